The number of aryl methyl sites for hydroxylation is 1. The maximum atomic E-state index is 14.4. The molecule has 0 aliphatic carbocycles. The summed E-state index contributed by atoms with van der Waals surface area (Å²) < 4.78 is 14.4. The van der Waals surface area contributed by atoms with E-state index in [0.29, 0.717) is 22.3 Å². The lowest BCUT2D eigenvalue weighted by Crippen LogP contribution is -2.18. The zero-order chi connectivity index (χ0) is 15.8. The first-order valence-electron chi connectivity index (χ1n) is 6.85. The standard InChI is InChI=1S/C18H19FO2/c1-11-7-5-9-13(16(11)19)12-8-6-10-14(18(2,3)4)15(12)17(20)21/h5-10H,1-4H3,(H,20,21). The van der Waals surface area contributed by atoms with Crippen LogP contribution in [0.15, 0.2) is 36.4 Å². The molecule has 2 rings (SSSR count). The quantitative estimate of drug-likeness (QED) is 0.861. The van der Waals surface area contributed by atoms with Gasteiger partial charge in [0.2, 0.25) is 0 Å². The van der Waals surface area contributed by atoms with Gasteiger partial charge in [0, 0.05) is 5.56 Å². The van der Waals surface area contributed by atoms with Crippen LogP contribution in [0, 0.1) is 12.7 Å². The van der Waals surface area contributed by atoms with Crippen molar-refractivity contribution >= 4 is 5.97 Å². The maximum absolute atomic E-state index is 14.4. The van der Waals surface area contributed by atoms with E-state index in [2.05, 4.69) is 0 Å². The second-order valence-electron chi connectivity index (χ2n) is 6.22. The smallest absolute Gasteiger partial charge is 0.336 e. The molecule has 2 aromatic rings. The van der Waals surface area contributed by atoms with Gasteiger partial charge in [0.1, 0.15) is 5.82 Å². The number of hydrogen-bond acceptors (Lipinski definition) is 1. The molecule has 0 aromatic heterocycles. The Morgan fingerprint density at radius 3 is 2.19 bits per heavy atom. The van der Waals surface area contributed by atoms with Crippen LogP contribution in [0.4, 0.5) is 4.39 Å². The number of halogens is 1. The predicted octanol–water partition coefficient (Wildman–Crippen LogP) is 4.80. The van der Waals surface area contributed by atoms with Crippen LogP contribution in [0.2, 0.25) is 0 Å². The number of aromatic carboxylic acids is 1. The van der Waals surface area contributed by atoms with Crippen molar-refractivity contribution < 1.29 is 14.3 Å². The van der Waals surface area contributed by atoms with E-state index in [4.69, 9.17) is 0 Å². The summed E-state index contributed by atoms with van der Waals surface area (Å²) in [7, 11) is 0. The van der Waals surface area contributed by atoms with E-state index in [1.165, 1.54) is 0 Å². The molecule has 0 spiro atoms. The fraction of sp³-hybridized carbons (Fsp3) is 0.278. The molecule has 0 bridgehead atoms. The molecule has 0 unspecified atom stereocenters. The number of rotatable bonds is 2. The minimum absolute atomic E-state index is 0.175. The summed E-state index contributed by atoms with van der Waals surface area (Å²) >= 11 is 0. The molecule has 0 radical (unpaired) electrons. The van der Waals surface area contributed by atoms with Crippen LogP contribution < -0.4 is 0 Å². The number of hydrogen-bond donors (Lipinski definition) is 1. The average Bonchev–Trinajstić information content (AvgIpc) is 2.40. The summed E-state index contributed by atoms with van der Waals surface area (Å²) in [5.41, 5.74) is 1.81. The Kier molecular flexibility index (Phi) is 3.86. The third-order valence-electron chi connectivity index (χ3n) is 3.57. The van der Waals surface area contributed by atoms with Gasteiger partial charge in [0.25, 0.3) is 0 Å². The Balaban J connectivity index is 2.82. The Morgan fingerprint density at radius 2 is 1.62 bits per heavy atom. The highest BCUT2D eigenvalue weighted by Crippen LogP contribution is 2.34. The third-order valence-corrected chi connectivity index (χ3v) is 3.57. The lowest BCUT2D eigenvalue weighted by molar-refractivity contribution is 0.0695. The Hall–Kier alpha value is -2.16. The van der Waals surface area contributed by atoms with E-state index in [1.807, 2.05) is 20.8 Å². The van der Waals surface area contributed by atoms with Crippen molar-refractivity contribution in [2.24, 2.45) is 0 Å². The van der Waals surface area contributed by atoms with E-state index in [9.17, 15) is 14.3 Å². The summed E-state index contributed by atoms with van der Waals surface area (Å²) in [5, 5.41) is 9.61. The first-order chi connectivity index (χ1) is 9.73. The van der Waals surface area contributed by atoms with Gasteiger partial charge in [-0.1, -0.05) is 57.2 Å². The third kappa shape index (κ3) is 2.82. The molecule has 0 fully saturated rings. The van der Waals surface area contributed by atoms with Crippen LogP contribution in [0.3, 0.4) is 0 Å². The van der Waals surface area contributed by atoms with E-state index in [1.54, 1.807) is 43.3 Å². The molecular formula is C18H19FO2. The molecule has 0 aliphatic heterocycles. The van der Waals surface area contributed by atoms with Crippen molar-refractivity contribution in [1.82, 2.24) is 0 Å². The molecular weight excluding hydrogens is 267 g/mol. The molecule has 1 N–H and O–H groups in total. The van der Waals surface area contributed by atoms with E-state index in [-0.39, 0.29) is 16.8 Å². The monoisotopic (exact) mass is 286 g/mol. The van der Waals surface area contributed by atoms with Crippen molar-refractivity contribution in [3.8, 4) is 11.1 Å². The van der Waals surface area contributed by atoms with Crippen molar-refractivity contribution in [2.75, 3.05) is 0 Å². The Labute approximate surface area is 124 Å². The highest BCUT2D eigenvalue weighted by Gasteiger charge is 2.25. The topological polar surface area (TPSA) is 37.3 Å². The van der Waals surface area contributed by atoms with Gasteiger partial charge in [-0.2, -0.15) is 0 Å². The van der Waals surface area contributed by atoms with Gasteiger partial charge in [0.15, 0.2) is 0 Å². The zero-order valence-electron chi connectivity index (χ0n) is 12.7. The van der Waals surface area contributed by atoms with Crippen molar-refractivity contribution in [3.63, 3.8) is 0 Å². The minimum Gasteiger partial charge on any atom is -0.478 e. The summed E-state index contributed by atoms with van der Waals surface area (Å²) in [6.07, 6.45) is 0. The number of benzene rings is 2. The highest BCUT2D eigenvalue weighted by atomic mass is 19.1. The summed E-state index contributed by atoms with van der Waals surface area (Å²) in [6, 6.07) is 10.3. The fourth-order valence-corrected chi connectivity index (χ4v) is 2.49. The molecule has 0 amide bonds. The molecule has 0 atom stereocenters. The molecule has 0 heterocycles. The molecule has 0 saturated carbocycles. The second kappa shape index (κ2) is 5.32. The van der Waals surface area contributed by atoms with Crippen LogP contribution >= 0.6 is 0 Å². The van der Waals surface area contributed by atoms with E-state index < -0.39 is 5.97 Å². The zero-order valence-corrected chi connectivity index (χ0v) is 12.7. The van der Waals surface area contributed by atoms with E-state index in [0.717, 1.165) is 0 Å². The summed E-state index contributed by atoms with van der Waals surface area (Å²) in [6.45, 7) is 7.52. The van der Waals surface area contributed by atoms with Crippen LogP contribution in [-0.2, 0) is 5.41 Å². The molecule has 0 aliphatic rings. The van der Waals surface area contributed by atoms with Gasteiger partial charge < -0.3 is 5.11 Å². The van der Waals surface area contributed by atoms with Gasteiger partial charge in [-0.3, -0.25) is 0 Å². The van der Waals surface area contributed by atoms with E-state index >= 15 is 0 Å². The molecule has 21 heavy (non-hydrogen) atoms. The van der Waals surface area contributed by atoms with Gasteiger partial charge in [-0.05, 0) is 29.0 Å². The predicted molar refractivity (Wildman–Crippen MR) is 82.2 cm³/mol. The van der Waals surface area contributed by atoms with Crippen molar-refractivity contribution in [2.45, 2.75) is 33.1 Å². The number of carboxylic acids is 1. The Bertz CT molecular complexity index is 697. The summed E-state index contributed by atoms with van der Waals surface area (Å²) in [4.78, 5) is 11.7. The van der Waals surface area contributed by atoms with Gasteiger partial charge in [0.05, 0.1) is 5.56 Å². The van der Waals surface area contributed by atoms with Gasteiger partial charge in [-0.25, -0.2) is 9.18 Å². The Morgan fingerprint density at radius 1 is 1.05 bits per heavy atom. The lowest BCUT2D eigenvalue weighted by Gasteiger charge is -2.23. The SMILES string of the molecule is Cc1cccc(-c2cccc(C(C)(C)C)c2C(=O)O)c1F. The molecule has 110 valence electrons. The summed E-state index contributed by atoms with van der Waals surface area (Å²) in [5.74, 6) is -1.40. The number of carbonyl (C=O) groups is 1. The van der Waals surface area contributed by atoms with Crippen LogP contribution in [-0.4, -0.2) is 11.1 Å². The lowest BCUT2D eigenvalue weighted by atomic mass is 9.81. The first kappa shape index (κ1) is 15.2. The largest absolute Gasteiger partial charge is 0.478 e. The normalized spacial score (nSPS) is 11.5. The highest BCUT2D eigenvalue weighted by molar-refractivity contribution is 5.98. The van der Waals surface area contributed by atoms with Crippen molar-refractivity contribution in [1.29, 1.82) is 0 Å². The average molecular weight is 286 g/mol. The maximum Gasteiger partial charge on any atom is 0.336 e. The molecule has 2 nitrogen and oxygen atoms in total. The number of carboxylic acid groups (broad SMARTS) is 1. The van der Waals surface area contributed by atoms with Crippen LogP contribution in [0.5, 0.6) is 0 Å². The van der Waals surface area contributed by atoms with Crippen LogP contribution in [0.1, 0.15) is 42.3 Å². The van der Waals surface area contributed by atoms with Gasteiger partial charge in [-0.15, -0.1) is 0 Å². The van der Waals surface area contributed by atoms with Crippen molar-refractivity contribution in [3.05, 3.63) is 58.9 Å². The first-order valence-corrected chi connectivity index (χ1v) is 6.85. The molecule has 0 saturated heterocycles. The second-order valence-corrected chi connectivity index (χ2v) is 6.22. The van der Waals surface area contributed by atoms with Gasteiger partial charge >= 0.3 is 5.97 Å². The minimum atomic E-state index is -1.03. The fourth-order valence-electron chi connectivity index (χ4n) is 2.49. The van der Waals surface area contributed by atoms with Crippen LogP contribution in [0.25, 0.3) is 11.1 Å². The molecule has 3 heteroatoms. The molecule has 2 aromatic carbocycles.